The number of aromatic nitrogens is 3. The maximum atomic E-state index is 12.9. The van der Waals surface area contributed by atoms with Gasteiger partial charge in [0.25, 0.3) is 11.1 Å². The Bertz CT molecular complexity index is 1310. The van der Waals surface area contributed by atoms with Crippen molar-refractivity contribution in [3.8, 4) is 0 Å². The first-order valence-electron chi connectivity index (χ1n) is 10.6. The molecule has 1 fully saturated rings. The third-order valence-corrected chi connectivity index (χ3v) is 6.38. The van der Waals surface area contributed by atoms with E-state index in [2.05, 4.69) is 9.97 Å². The lowest BCUT2D eigenvalue weighted by Crippen LogP contribution is -2.49. The van der Waals surface area contributed by atoms with Crippen LogP contribution in [0.2, 0.25) is 0 Å². The molecule has 1 aromatic carbocycles. The monoisotopic (exact) mass is 436 g/mol. The summed E-state index contributed by atoms with van der Waals surface area (Å²) in [5.74, 6) is 0.542. The maximum absolute atomic E-state index is 12.9. The summed E-state index contributed by atoms with van der Waals surface area (Å²) < 4.78 is 1.54. The Morgan fingerprint density at radius 3 is 2.81 bits per heavy atom. The molecule has 0 saturated carbocycles. The van der Waals surface area contributed by atoms with Gasteiger partial charge in [-0.05, 0) is 36.6 Å². The van der Waals surface area contributed by atoms with E-state index in [9.17, 15) is 19.6 Å². The molecule has 3 aromatic rings. The van der Waals surface area contributed by atoms with E-state index in [-0.39, 0.29) is 35.4 Å². The highest BCUT2D eigenvalue weighted by atomic mass is 16.8. The fraction of sp³-hybridized carbons (Fsp3) is 0.364. The minimum Gasteiger partial charge on any atom is -0.733 e. The number of fused-ring (bicyclic) bond motifs is 5. The highest BCUT2D eigenvalue weighted by Gasteiger charge is 2.36. The number of carbonyl (C=O) groups excluding carboxylic acids is 1. The summed E-state index contributed by atoms with van der Waals surface area (Å²) in [5.41, 5.74) is 0.341. The molecule has 2 aliphatic rings. The Hall–Kier alpha value is -3.50. The molecule has 2 aliphatic heterocycles. The number of hydrogen-bond donors (Lipinski definition) is 2. The molecule has 0 radical (unpaired) electrons. The van der Waals surface area contributed by atoms with Gasteiger partial charge >= 0.3 is 0 Å². The van der Waals surface area contributed by atoms with Crippen molar-refractivity contribution in [1.82, 2.24) is 19.4 Å². The number of nitrogens with one attached hydrogen (secondary N) is 1. The van der Waals surface area contributed by atoms with Crippen LogP contribution in [0.1, 0.15) is 30.3 Å². The summed E-state index contributed by atoms with van der Waals surface area (Å²) in [4.78, 5) is 46.7. The molecule has 0 unspecified atom stereocenters. The van der Waals surface area contributed by atoms with Crippen LogP contribution in [0.4, 0.5) is 5.69 Å². The van der Waals surface area contributed by atoms with Gasteiger partial charge in [-0.15, -0.1) is 0 Å². The molecule has 2 bridgehead atoms. The van der Waals surface area contributed by atoms with Crippen molar-refractivity contribution in [2.75, 3.05) is 18.3 Å². The van der Waals surface area contributed by atoms with Crippen LogP contribution >= 0.6 is 0 Å². The van der Waals surface area contributed by atoms with Crippen LogP contribution in [0.3, 0.4) is 0 Å². The maximum Gasteiger partial charge on any atom is 0.275 e. The zero-order valence-corrected chi connectivity index (χ0v) is 17.2. The molecule has 166 valence electrons. The summed E-state index contributed by atoms with van der Waals surface area (Å²) >= 11 is 0. The molecule has 2 aromatic heterocycles. The van der Waals surface area contributed by atoms with Gasteiger partial charge in [-0.3, -0.25) is 19.6 Å². The Morgan fingerprint density at radius 2 is 2.00 bits per heavy atom. The molecular weight excluding hydrogens is 414 g/mol. The van der Waals surface area contributed by atoms with Gasteiger partial charge in [-0.1, -0.05) is 12.1 Å². The normalized spacial score (nSPS) is 19.6. The highest BCUT2D eigenvalue weighted by Crippen LogP contribution is 2.35. The smallest absolute Gasteiger partial charge is 0.275 e. The lowest BCUT2D eigenvalue weighted by atomic mass is 9.83. The number of anilines is 1. The number of nitrogens with zero attached hydrogens (tertiary/aromatic N) is 4. The summed E-state index contributed by atoms with van der Waals surface area (Å²) in [7, 11) is 0. The van der Waals surface area contributed by atoms with E-state index in [1.54, 1.807) is 28.8 Å². The minimum atomic E-state index is -0.513. The van der Waals surface area contributed by atoms with E-state index in [0.29, 0.717) is 42.8 Å². The molecule has 2 atom stereocenters. The fourth-order valence-corrected chi connectivity index (χ4v) is 4.92. The van der Waals surface area contributed by atoms with E-state index in [1.165, 1.54) is 6.07 Å². The molecular formula is C22H22N5O5-. The topological polar surface area (TPSA) is 135 Å². The molecule has 5 rings (SSSR count). The number of hydrogen-bond acceptors (Lipinski definition) is 7. The summed E-state index contributed by atoms with van der Waals surface area (Å²) in [6.45, 7) is 1.40. The van der Waals surface area contributed by atoms with E-state index >= 15 is 0 Å². The lowest BCUT2D eigenvalue weighted by molar-refractivity contribution is -0.133. The first kappa shape index (κ1) is 20.4. The number of likely N-dealkylation sites (tertiary alicyclic amines) is 1. The molecule has 10 heteroatoms. The van der Waals surface area contributed by atoms with E-state index in [1.807, 2.05) is 11.0 Å². The van der Waals surface area contributed by atoms with Crippen LogP contribution in [0.25, 0.3) is 10.9 Å². The summed E-state index contributed by atoms with van der Waals surface area (Å²) in [5, 5.41) is 20.5. The van der Waals surface area contributed by atoms with Crippen molar-refractivity contribution in [3.63, 3.8) is 0 Å². The van der Waals surface area contributed by atoms with Gasteiger partial charge in [0.05, 0.1) is 10.9 Å². The first-order valence-corrected chi connectivity index (χ1v) is 10.6. The molecule has 1 saturated heterocycles. The quantitative estimate of drug-likeness (QED) is 0.590. The predicted octanol–water partition coefficient (Wildman–Crippen LogP) is 1.36. The number of pyridine rings is 1. The number of aromatic amines is 1. The van der Waals surface area contributed by atoms with Crippen molar-refractivity contribution in [2.45, 2.75) is 31.7 Å². The number of para-hydroxylation sites is 1. The van der Waals surface area contributed by atoms with Gasteiger partial charge in [0.1, 0.15) is 11.5 Å². The number of piperidine rings is 1. The summed E-state index contributed by atoms with van der Waals surface area (Å²) in [6.07, 6.45) is 1.42. The fourth-order valence-electron chi connectivity index (χ4n) is 4.92. The van der Waals surface area contributed by atoms with Crippen molar-refractivity contribution in [3.05, 3.63) is 73.8 Å². The van der Waals surface area contributed by atoms with Crippen molar-refractivity contribution in [2.24, 2.45) is 5.92 Å². The number of rotatable bonds is 4. The second-order valence-electron chi connectivity index (χ2n) is 8.46. The Labute approximate surface area is 182 Å². The number of H-pyrrole nitrogens is 1. The van der Waals surface area contributed by atoms with Crippen molar-refractivity contribution >= 4 is 22.5 Å². The van der Waals surface area contributed by atoms with Crippen LogP contribution in [0.5, 0.6) is 0 Å². The molecule has 1 amide bonds. The first-order chi connectivity index (χ1) is 15.4. The molecule has 10 nitrogen and oxygen atoms in total. The van der Waals surface area contributed by atoms with Gasteiger partial charge in [-0.2, -0.15) is 0 Å². The standard InChI is InChI=1S/C22H22N5O5/c28-20(8-7-19-23-16-4-2-1-3-15(16)21(29)24-19)25-10-13-9-14(12-25)17-5-6-18(27(31)32)22(30)26(17)11-13/h1-6,13-14,31H,7-12H2,(H,23,24,29)/q-1/t13-,14-/m0/s1. The molecule has 0 aliphatic carbocycles. The lowest BCUT2D eigenvalue weighted by Gasteiger charge is -2.43. The van der Waals surface area contributed by atoms with Gasteiger partial charge in [0.2, 0.25) is 5.91 Å². The van der Waals surface area contributed by atoms with E-state index in [4.69, 9.17) is 5.21 Å². The van der Waals surface area contributed by atoms with Gasteiger partial charge in [0.15, 0.2) is 0 Å². The zero-order valence-electron chi connectivity index (χ0n) is 17.2. The Morgan fingerprint density at radius 1 is 1.19 bits per heavy atom. The van der Waals surface area contributed by atoms with Crippen molar-refractivity contribution < 1.29 is 10.0 Å². The SMILES string of the molecule is O=C(CCc1nc2ccccc2c(=O)[nH]1)N1C[C@@H]2C[C@@H](C1)c1ccc(N([O-])O)c(=O)n1C2. The van der Waals surface area contributed by atoms with Crippen molar-refractivity contribution in [1.29, 1.82) is 0 Å². The average Bonchev–Trinajstić information content (AvgIpc) is 2.78. The van der Waals surface area contributed by atoms with Crippen LogP contribution in [0, 0.1) is 11.1 Å². The molecule has 2 N–H and O–H groups in total. The number of aryl methyl sites for hydroxylation is 1. The molecule has 0 spiro atoms. The van der Waals surface area contributed by atoms with Gasteiger partial charge in [-0.25, -0.2) is 4.98 Å². The van der Waals surface area contributed by atoms with Gasteiger partial charge < -0.3 is 24.9 Å². The van der Waals surface area contributed by atoms with E-state index < -0.39 is 10.8 Å². The predicted molar refractivity (Wildman–Crippen MR) is 116 cm³/mol. The molecule has 32 heavy (non-hydrogen) atoms. The third kappa shape index (κ3) is 3.57. The number of carbonyl (C=O) groups is 1. The second kappa shape index (κ2) is 7.88. The third-order valence-electron chi connectivity index (χ3n) is 6.38. The number of amides is 1. The van der Waals surface area contributed by atoms with Crippen LogP contribution in [-0.2, 0) is 17.8 Å². The highest BCUT2D eigenvalue weighted by molar-refractivity contribution is 5.78. The van der Waals surface area contributed by atoms with Crippen LogP contribution in [0.15, 0.2) is 46.0 Å². The zero-order chi connectivity index (χ0) is 22.4. The Balaban J connectivity index is 1.30. The molecule has 4 heterocycles. The van der Waals surface area contributed by atoms with Crippen LogP contribution in [-0.4, -0.2) is 43.6 Å². The summed E-state index contributed by atoms with van der Waals surface area (Å²) in [6, 6.07) is 10.1. The second-order valence-corrected chi connectivity index (χ2v) is 8.46. The largest absolute Gasteiger partial charge is 0.733 e. The number of benzene rings is 1. The van der Waals surface area contributed by atoms with Crippen LogP contribution < -0.4 is 16.3 Å². The Kier molecular flexibility index (Phi) is 5.03. The van der Waals surface area contributed by atoms with Gasteiger partial charge in [0, 0.05) is 44.1 Å². The van der Waals surface area contributed by atoms with E-state index in [0.717, 1.165) is 12.1 Å². The average molecular weight is 436 g/mol. The minimum absolute atomic E-state index is 0.00871.